The Morgan fingerprint density at radius 1 is 0.605 bits per heavy atom. The molecule has 0 fully saturated rings. The van der Waals surface area contributed by atoms with Gasteiger partial charge in [0.2, 0.25) is 0 Å². The molecule has 0 unspecified atom stereocenters. The van der Waals surface area contributed by atoms with E-state index in [-0.39, 0.29) is 5.41 Å². The first-order chi connectivity index (χ1) is 21.2. The number of aldehydes is 1. The smallest absolute Gasteiger partial charge is 0.150 e. The van der Waals surface area contributed by atoms with Gasteiger partial charge in [0.25, 0.3) is 0 Å². The summed E-state index contributed by atoms with van der Waals surface area (Å²) < 4.78 is 0. The van der Waals surface area contributed by atoms with Gasteiger partial charge < -0.3 is 0 Å². The number of unbranched alkanes of at least 4 members (excludes halogenated alkanes) is 10. The van der Waals surface area contributed by atoms with E-state index in [9.17, 15) is 4.79 Å². The number of benzene rings is 2. The van der Waals surface area contributed by atoms with Crippen molar-refractivity contribution in [2.75, 3.05) is 0 Å². The van der Waals surface area contributed by atoms with Crippen molar-refractivity contribution in [3.63, 3.8) is 0 Å². The van der Waals surface area contributed by atoms with E-state index in [4.69, 9.17) is 4.98 Å². The summed E-state index contributed by atoms with van der Waals surface area (Å²) in [5.41, 5.74) is 10.0. The van der Waals surface area contributed by atoms with Crippen molar-refractivity contribution in [3.05, 3.63) is 95.7 Å². The third-order valence-electron chi connectivity index (χ3n) is 9.41. The second-order valence-corrected chi connectivity index (χ2v) is 12.4. The van der Waals surface area contributed by atoms with Gasteiger partial charge in [-0.25, -0.2) is 4.98 Å². The van der Waals surface area contributed by atoms with Gasteiger partial charge in [-0.1, -0.05) is 127 Å². The quantitative estimate of drug-likeness (QED) is 0.0933. The Balaban J connectivity index is 1.53. The summed E-state index contributed by atoms with van der Waals surface area (Å²) in [4.78, 5) is 21.6. The molecule has 1 aliphatic rings. The van der Waals surface area contributed by atoms with Gasteiger partial charge in [0.1, 0.15) is 6.29 Å². The molecule has 0 amide bonds. The third kappa shape index (κ3) is 7.15. The van der Waals surface area contributed by atoms with Gasteiger partial charge in [0.05, 0.1) is 17.1 Å². The standard InChI is InChI=1S/C40H48N2O/c1-3-5-7-9-11-14-25-40(26-15-12-10-8-6-4-2)35-28-31(30-43)21-23-33(35)34-24-22-32(29-36(34)40)37-19-17-20-39(42-37)38-18-13-16-27-41-38/h13,16-24,27-30H,3-12,14-15,25-26H2,1-2H3. The summed E-state index contributed by atoms with van der Waals surface area (Å²) >= 11 is 0. The Hall–Kier alpha value is -3.59. The summed E-state index contributed by atoms with van der Waals surface area (Å²) in [6.45, 7) is 4.57. The highest BCUT2D eigenvalue weighted by Gasteiger charge is 2.42. The minimum absolute atomic E-state index is 0.0756. The maximum atomic E-state index is 12.0. The molecule has 0 radical (unpaired) electrons. The molecule has 0 spiro atoms. The number of carbonyl (C=O) groups is 1. The van der Waals surface area contributed by atoms with Gasteiger partial charge in [-0.2, -0.15) is 0 Å². The van der Waals surface area contributed by atoms with E-state index in [1.54, 1.807) is 0 Å². The molecule has 43 heavy (non-hydrogen) atoms. The lowest BCUT2D eigenvalue weighted by Gasteiger charge is -2.33. The lowest BCUT2D eigenvalue weighted by atomic mass is 9.70. The molecule has 2 aromatic heterocycles. The minimum atomic E-state index is -0.0756. The van der Waals surface area contributed by atoms with E-state index in [2.05, 4.69) is 61.3 Å². The number of nitrogens with zero attached hydrogens (tertiary/aromatic N) is 2. The largest absolute Gasteiger partial charge is 0.298 e. The average Bonchev–Trinajstić information content (AvgIpc) is 3.33. The van der Waals surface area contributed by atoms with Crippen molar-refractivity contribution in [1.29, 1.82) is 0 Å². The number of fused-ring (bicyclic) bond motifs is 3. The van der Waals surface area contributed by atoms with Gasteiger partial charge in [-0.15, -0.1) is 0 Å². The highest BCUT2D eigenvalue weighted by molar-refractivity contribution is 5.87. The first kappa shape index (κ1) is 30.9. The van der Waals surface area contributed by atoms with E-state index >= 15 is 0 Å². The van der Waals surface area contributed by atoms with Crippen molar-refractivity contribution < 1.29 is 4.79 Å². The topological polar surface area (TPSA) is 42.9 Å². The molecule has 0 aliphatic heterocycles. The molecule has 5 rings (SSSR count). The summed E-state index contributed by atoms with van der Waals surface area (Å²) in [6.07, 6.45) is 20.5. The van der Waals surface area contributed by atoms with Crippen LogP contribution in [0, 0.1) is 0 Å². The van der Waals surface area contributed by atoms with Crippen LogP contribution in [0.25, 0.3) is 33.8 Å². The number of pyridine rings is 2. The summed E-state index contributed by atoms with van der Waals surface area (Å²) in [6, 6.07) is 25.6. The zero-order chi connectivity index (χ0) is 29.9. The van der Waals surface area contributed by atoms with Crippen molar-refractivity contribution in [2.24, 2.45) is 0 Å². The van der Waals surface area contributed by atoms with Crippen molar-refractivity contribution in [3.8, 4) is 33.8 Å². The van der Waals surface area contributed by atoms with Crippen LogP contribution >= 0.6 is 0 Å². The van der Waals surface area contributed by atoms with E-state index in [1.807, 2.05) is 36.5 Å². The van der Waals surface area contributed by atoms with Crippen LogP contribution < -0.4 is 0 Å². The fourth-order valence-corrected chi connectivity index (χ4v) is 7.08. The molecular weight excluding hydrogens is 524 g/mol. The minimum Gasteiger partial charge on any atom is -0.298 e. The van der Waals surface area contributed by atoms with Crippen LogP contribution in [-0.4, -0.2) is 16.3 Å². The molecule has 0 saturated heterocycles. The lowest BCUT2D eigenvalue weighted by molar-refractivity contribution is 0.112. The average molecular weight is 573 g/mol. The predicted octanol–water partition coefficient (Wildman–Crippen LogP) is 11.4. The van der Waals surface area contributed by atoms with Crippen LogP contribution in [0.4, 0.5) is 0 Å². The second kappa shape index (κ2) is 15.2. The van der Waals surface area contributed by atoms with Crippen molar-refractivity contribution in [2.45, 2.75) is 109 Å². The van der Waals surface area contributed by atoms with Gasteiger partial charge in [-0.05, 0) is 71.5 Å². The molecular formula is C40H48N2O. The third-order valence-corrected chi connectivity index (χ3v) is 9.41. The van der Waals surface area contributed by atoms with E-state index < -0.39 is 0 Å². The van der Waals surface area contributed by atoms with Crippen LogP contribution in [0.5, 0.6) is 0 Å². The lowest BCUT2D eigenvalue weighted by Crippen LogP contribution is -2.26. The number of carbonyl (C=O) groups excluding carboxylic acids is 1. The second-order valence-electron chi connectivity index (χ2n) is 12.4. The monoisotopic (exact) mass is 572 g/mol. The Labute approximate surface area is 259 Å². The SMILES string of the molecule is CCCCCCCCC1(CCCCCCCC)c2cc(C=O)ccc2-c2ccc(-c3cccc(-c4ccccn4)n3)cc21. The van der Waals surface area contributed by atoms with Crippen LogP contribution in [-0.2, 0) is 5.41 Å². The Bertz CT molecular complexity index is 1460. The predicted molar refractivity (Wildman–Crippen MR) is 180 cm³/mol. The highest BCUT2D eigenvalue weighted by Crippen LogP contribution is 2.55. The summed E-state index contributed by atoms with van der Waals surface area (Å²) in [5, 5.41) is 0. The first-order valence-corrected chi connectivity index (χ1v) is 16.8. The van der Waals surface area contributed by atoms with Crippen LogP contribution in [0.3, 0.4) is 0 Å². The number of aromatic nitrogens is 2. The summed E-state index contributed by atoms with van der Waals surface area (Å²) in [5.74, 6) is 0. The molecule has 0 saturated carbocycles. The van der Waals surface area contributed by atoms with Gasteiger partial charge in [-0.3, -0.25) is 9.78 Å². The van der Waals surface area contributed by atoms with Gasteiger partial charge >= 0.3 is 0 Å². The Morgan fingerprint density at radius 2 is 1.21 bits per heavy atom. The molecule has 0 N–H and O–H groups in total. The molecule has 3 heteroatoms. The number of rotatable bonds is 17. The van der Waals surface area contributed by atoms with E-state index in [0.29, 0.717) is 0 Å². The highest BCUT2D eigenvalue weighted by atomic mass is 16.1. The maximum Gasteiger partial charge on any atom is 0.150 e. The number of hydrogen-bond donors (Lipinski definition) is 0. The van der Waals surface area contributed by atoms with E-state index in [1.165, 1.54) is 99.3 Å². The van der Waals surface area contributed by atoms with Crippen LogP contribution in [0.1, 0.15) is 125 Å². The Kier molecular flexibility index (Phi) is 10.9. The number of hydrogen-bond acceptors (Lipinski definition) is 3. The molecule has 224 valence electrons. The zero-order valence-electron chi connectivity index (χ0n) is 26.3. The maximum absolute atomic E-state index is 12.0. The first-order valence-electron chi connectivity index (χ1n) is 16.8. The molecule has 0 atom stereocenters. The van der Waals surface area contributed by atoms with E-state index in [0.717, 1.165) is 47.3 Å². The Morgan fingerprint density at radius 3 is 1.86 bits per heavy atom. The normalized spacial score (nSPS) is 13.1. The van der Waals surface area contributed by atoms with Crippen molar-refractivity contribution in [1.82, 2.24) is 9.97 Å². The molecule has 2 heterocycles. The zero-order valence-corrected chi connectivity index (χ0v) is 26.3. The molecule has 0 bridgehead atoms. The molecule has 2 aromatic carbocycles. The van der Waals surface area contributed by atoms with Crippen LogP contribution in [0.2, 0.25) is 0 Å². The fourth-order valence-electron chi connectivity index (χ4n) is 7.08. The van der Waals surface area contributed by atoms with Gasteiger partial charge in [0, 0.05) is 22.7 Å². The molecule has 3 nitrogen and oxygen atoms in total. The van der Waals surface area contributed by atoms with Crippen LogP contribution in [0.15, 0.2) is 79.0 Å². The van der Waals surface area contributed by atoms with Gasteiger partial charge in [0.15, 0.2) is 0 Å². The fraction of sp³-hybridized carbons (Fsp3) is 0.425. The summed E-state index contributed by atoms with van der Waals surface area (Å²) in [7, 11) is 0. The van der Waals surface area contributed by atoms with Crippen molar-refractivity contribution >= 4 is 6.29 Å². The molecule has 4 aromatic rings. The molecule has 1 aliphatic carbocycles.